The molecule has 0 aliphatic carbocycles. The highest BCUT2D eigenvalue weighted by atomic mass is 16.7. The van der Waals surface area contributed by atoms with Gasteiger partial charge in [-0.25, -0.2) is 10.3 Å². The third kappa shape index (κ3) is 5.21. The van der Waals surface area contributed by atoms with E-state index in [2.05, 4.69) is 12.1 Å². The Morgan fingerprint density at radius 3 is 2.71 bits per heavy atom. The van der Waals surface area contributed by atoms with Crippen molar-refractivity contribution in [3.05, 3.63) is 48.6 Å². The van der Waals surface area contributed by atoms with Gasteiger partial charge in [-0.1, -0.05) is 36.4 Å². The van der Waals surface area contributed by atoms with Crippen LogP contribution in [0, 0.1) is 0 Å². The van der Waals surface area contributed by atoms with E-state index >= 15 is 0 Å². The van der Waals surface area contributed by atoms with Gasteiger partial charge in [-0.3, -0.25) is 4.84 Å². The van der Waals surface area contributed by atoms with Gasteiger partial charge in [0.05, 0.1) is 19.3 Å². The average molecular weight is 290 g/mol. The molecule has 0 atom stereocenters. The van der Waals surface area contributed by atoms with Gasteiger partial charge in [0.1, 0.15) is 0 Å². The van der Waals surface area contributed by atoms with Gasteiger partial charge < -0.3 is 9.64 Å². The second-order valence-corrected chi connectivity index (χ2v) is 4.99. The van der Waals surface area contributed by atoms with E-state index in [1.165, 1.54) is 0 Å². The minimum Gasteiger partial charge on any atom is -0.374 e. The fourth-order valence-corrected chi connectivity index (χ4v) is 2.25. The highest BCUT2D eigenvalue weighted by molar-refractivity contribution is 5.73. The molecule has 1 N–H and O–H groups in total. The van der Waals surface area contributed by atoms with Crippen LogP contribution in [-0.2, 0) is 16.2 Å². The summed E-state index contributed by atoms with van der Waals surface area (Å²) in [6.45, 7) is 5.93. The van der Waals surface area contributed by atoms with Crippen LogP contribution in [0.4, 0.5) is 4.79 Å². The second kappa shape index (κ2) is 8.44. The third-order valence-corrected chi connectivity index (χ3v) is 3.42. The summed E-state index contributed by atoms with van der Waals surface area (Å²) in [7, 11) is 0. The molecule has 1 saturated heterocycles. The van der Waals surface area contributed by atoms with Crippen LogP contribution in [0.15, 0.2) is 43.0 Å². The Balaban J connectivity index is 1.64. The van der Waals surface area contributed by atoms with E-state index in [0.29, 0.717) is 26.3 Å². The molecule has 0 aromatic heterocycles. The van der Waals surface area contributed by atoms with Gasteiger partial charge in [-0.05, 0) is 18.4 Å². The smallest absolute Gasteiger partial charge is 0.341 e. The van der Waals surface area contributed by atoms with Gasteiger partial charge in [0.2, 0.25) is 0 Å². The molecule has 0 radical (unpaired) electrons. The van der Waals surface area contributed by atoms with Gasteiger partial charge in [0.25, 0.3) is 0 Å². The number of benzene rings is 1. The Labute approximate surface area is 125 Å². The first-order valence-electron chi connectivity index (χ1n) is 7.22. The van der Waals surface area contributed by atoms with Crippen molar-refractivity contribution in [2.45, 2.75) is 25.6 Å². The Morgan fingerprint density at radius 1 is 1.33 bits per heavy atom. The Bertz CT molecular complexity index is 442. The minimum atomic E-state index is -0.187. The van der Waals surface area contributed by atoms with Crippen molar-refractivity contribution in [3.63, 3.8) is 0 Å². The van der Waals surface area contributed by atoms with Crippen LogP contribution in [0.25, 0.3) is 0 Å². The van der Waals surface area contributed by atoms with E-state index in [0.717, 1.165) is 18.4 Å². The van der Waals surface area contributed by atoms with E-state index in [1.807, 2.05) is 30.3 Å². The maximum atomic E-state index is 11.9. The van der Waals surface area contributed by atoms with Crippen molar-refractivity contribution in [2.24, 2.45) is 0 Å². The largest absolute Gasteiger partial charge is 0.374 e. The van der Waals surface area contributed by atoms with Gasteiger partial charge in [0.15, 0.2) is 0 Å². The fourth-order valence-electron chi connectivity index (χ4n) is 2.25. The van der Waals surface area contributed by atoms with Crippen LogP contribution in [0.1, 0.15) is 18.4 Å². The molecule has 0 bridgehead atoms. The number of hydrogen-bond acceptors (Lipinski definition) is 3. The first-order chi connectivity index (χ1) is 10.3. The molecule has 1 fully saturated rings. The lowest BCUT2D eigenvalue weighted by Gasteiger charge is -2.31. The van der Waals surface area contributed by atoms with Crippen molar-refractivity contribution in [3.8, 4) is 0 Å². The number of amides is 2. The predicted molar refractivity (Wildman–Crippen MR) is 80.5 cm³/mol. The molecule has 1 heterocycles. The normalized spacial score (nSPS) is 15.7. The number of piperidine rings is 1. The number of nitrogens with one attached hydrogen (secondary N) is 1. The number of hydroxylamine groups is 1. The minimum absolute atomic E-state index is 0.187. The quantitative estimate of drug-likeness (QED) is 0.647. The standard InChI is InChI=1S/C16H22N2O3/c1-2-12-20-15-8-10-18(11-9-15)16(19)17-21-13-14-6-4-3-5-7-14/h2-7,15H,1,8-13H2,(H,17,19). The number of nitrogens with zero attached hydrogens (tertiary/aromatic N) is 1. The summed E-state index contributed by atoms with van der Waals surface area (Å²) in [6.07, 6.45) is 3.66. The van der Waals surface area contributed by atoms with Crippen LogP contribution in [0.5, 0.6) is 0 Å². The molecule has 1 aromatic rings. The highest BCUT2D eigenvalue weighted by Crippen LogP contribution is 2.13. The second-order valence-electron chi connectivity index (χ2n) is 4.99. The molecular weight excluding hydrogens is 268 g/mol. The number of likely N-dealkylation sites (tertiary alicyclic amines) is 1. The summed E-state index contributed by atoms with van der Waals surface area (Å²) in [5.41, 5.74) is 3.51. The third-order valence-electron chi connectivity index (χ3n) is 3.42. The Morgan fingerprint density at radius 2 is 2.05 bits per heavy atom. The van der Waals surface area contributed by atoms with Crippen LogP contribution in [-0.4, -0.2) is 36.7 Å². The molecule has 21 heavy (non-hydrogen) atoms. The monoisotopic (exact) mass is 290 g/mol. The molecule has 2 rings (SSSR count). The van der Waals surface area contributed by atoms with E-state index < -0.39 is 0 Å². The van der Waals surface area contributed by atoms with Gasteiger partial charge in [-0.15, -0.1) is 6.58 Å². The van der Waals surface area contributed by atoms with Crippen LogP contribution < -0.4 is 5.48 Å². The predicted octanol–water partition coefficient (Wildman–Crippen LogP) is 2.49. The molecule has 5 nitrogen and oxygen atoms in total. The molecule has 0 spiro atoms. The molecule has 2 amide bonds. The van der Waals surface area contributed by atoms with Crippen molar-refractivity contribution < 1.29 is 14.4 Å². The van der Waals surface area contributed by atoms with E-state index in [9.17, 15) is 4.79 Å². The highest BCUT2D eigenvalue weighted by Gasteiger charge is 2.22. The molecule has 0 saturated carbocycles. The summed E-state index contributed by atoms with van der Waals surface area (Å²) in [4.78, 5) is 18.9. The molecule has 5 heteroatoms. The van der Waals surface area contributed by atoms with Gasteiger partial charge in [-0.2, -0.15) is 0 Å². The summed E-state index contributed by atoms with van der Waals surface area (Å²) >= 11 is 0. The van der Waals surface area contributed by atoms with E-state index in [-0.39, 0.29) is 12.1 Å². The zero-order valence-electron chi connectivity index (χ0n) is 12.2. The number of urea groups is 1. The number of carbonyl (C=O) groups is 1. The molecular formula is C16H22N2O3. The lowest BCUT2D eigenvalue weighted by Crippen LogP contribution is -2.45. The number of ether oxygens (including phenoxy) is 1. The van der Waals surface area contributed by atoms with Crippen molar-refractivity contribution in [1.82, 2.24) is 10.4 Å². The topological polar surface area (TPSA) is 50.8 Å². The molecule has 1 aliphatic heterocycles. The zero-order chi connectivity index (χ0) is 14.9. The molecule has 1 aromatic carbocycles. The number of hydrogen-bond donors (Lipinski definition) is 1. The maximum absolute atomic E-state index is 11.9. The SMILES string of the molecule is C=CCOC1CCN(C(=O)NOCc2ccccc2)CC1. The zero-order valence-corrected chi connectivity index (χ0v) is 12.2. The Hall–Kier alpha value is -1.85. The summed E-state index contributed by atoms with van der Waals surface area (Å²) in [5.74, 6) is 0. The first kappa shape index (κ1) is 15.5. The average Bonchev–Trinajstić information content (AvgIpc) is 2.54. The van der Waals surface area contributed by atoms with Crippen molar-refractivity contribution >= 4 is 6.03 Å². The van der Waals surface area contributed by atoms with Crippen LogP contribution in [0.2, 0.25) is 0 Å². The van der Waals surface area contributed by atoms with E-state index in [4.69, 9.17) is 9.57 Å². The Kier molecular flexibility index (Phi) is 6.24. The number of carbonyl (C=O) groups excluding carboxylic acids is 1. The lowest BCUT2D eigenvalue weighted by molar-refractivity contribution is 0.0104. The summed E-state index contributed by atoms with van der Waals surface area (Å²) in [5, 5.41) is 0. The van der Waals surface area contributed by atoms with Crippen LogP contribution in [0.3, 0.4) is 0 Å². The lowest BCUT2D eigenvalue weighted by atomic mass is 10.1. The number of rotatable bonds is 6. The van der Waals surface area contributed by atoms with Crippen molar-refractivity contribution in [1.29, 1.82) is 0 Å². The summed E-state index contributed by atoms with van der Waals surface area (Å²) < 4.78 is 5.59. The van der Waals surface area contributed by atoms with Gasteiger partial charge >= 0.3 is 6.03 Å². The van der Waals surface area contributed by atoms with Crippen LogP contribution >= 0.6 is 0 Å². The summed E-state index contributed by atoms with van der Waals surface area (Å²) in [6, 6.07) is 9.54. The fraction of sp³-hybridized carbons (Fsp3) is 0.438. The van der Waals surface area contributed by atoms with E-state index in [1.54, 1.807) is 11.0 Å². The van der Waals surface area contributed by atoms with Crippen molar-refractivity contribution in [2.75, 3.05) is 19.7 Å². The maximum Gasteiger partial charge on any atom is 0.341 e. The van der Waals surface area contributed by atoms with Gasteiger partial charge in [0, 0.05) is 13.1 Å². The molecule has 1 aliphatic rings. The molecule has 114 valence electrons. The first-order valence-corrected chi connectivity index (χ1v) is 7.22. The molecule has 0 unspecified atom stereocenters.